The molecule has 8 aromatic carbocycles. The average Bonchev–Trinajstić information content (AvgIpc) is 4.01. The van der Waals surface area contributed by atoms with E-state index in [1.54, 1.807) is 4.57 Å². The van der Waals surface area contributed by atoms with E-state index >= 15 is 0 Å². The quantitative estimate of drug-likeness (QED) is 0.177. The van der Waals surface area contributed by atoms with Crippen molar-refractivity contribution in [2.24, 2.45) is 0 Å². The molecule has 0 unspecified atom stereocenters. The number of hydrogen-bond donors (Lipinski definition) is 0. The number of rotatable bonds is 5. The summed E-state index contributed by atoms with van der Waals surface area (Å²) in [6, 6.07) is 31.2. The van der Waals surface area contributed by atoms with Gasteiger partial charge in [0.05, 0.1) is 49.5 Å². The van der Waals surface area contributed by atoms with Crippen LogP contribution in [0.3, 0.4) is 0 Å². The normalized spacial score (nSPS) is 14.8. The monoisotopic (exact) mass is 740 g/mol. The second-order valence-electron chi connectivity index (χ2n) is 13.6. The van der Waals surface area contributed by atoms with Crippen LogP contribution in [0.15, 0.2) is 194 Å². The SMILES string of the molecule is [2H]c1c([2H])c([2H])c(-n2c3c([2H])c([2H])c([2H])c([2H])c3c3c([2H])c([2H])c(-n4c5ccccc5c5cc6c7ccccc7n(-c7nc(-c8ccccc8)nc(-c8ccccc8)n7)c6cc54)c([2H])c32)c([2H])c1[2H]. The van der Waals surface area contributed by atoms with Crippen LogP contribution in [0.1, 0.15) is 16.4 Å². The standard InChI is InChI=1S/C51H32N6/c1-4-16-33(17-5-1)49-52-50(34-18-6-2-7-19-34)54-51(53-49)57-45-27-15-12-24-39(45)42-31-41-38-23-11-14-26-44(38)56(47(41)32-48(42)57)36-28-29-40-37-22-10-13-25-43(37)55(46(40)30-36)35-20-8-3-9-21-35/h1-32H/i3D,8D,9D,10D,13D,20D,21D,22D,25D,28D,29D,30D. The maximum Gasteiger partial charge on any atom is 0.238 e. The van der Waals surface area contributed by atoms with Crippen LogP contribution in [0.5, 0.6) is 0 Å². The minimum atomic E-state index is -0.705. The van der Waals surface area contributed by atoms with Crippen LogP contribution in [0.4, 0.5) is 0 Å². The molecule has 0 aliphatic carbocycles. The molecular formula is C51H32N6. The van der Waals surface area contributed by atoms with Crippen LogP contribution in [0, 0.1) is 0 Å². The van der Waals surface area contributed by atoms with E-state index in [0.29, 0.717) is 34.1 Å². The van der Waals surface area contributed by atoms with Crippen molar-refractivity contribution in [2.45, 2.75) is 0 Å². The van der Waals surface area contributed by atoms with Crippen molar-refractivity contribution in [3.05, 3.63) is 194 Å². The van der Waals surface area contributed by atoms with Gasteiger partial charge in [0.2, 0.25) is 5.95 Å². The molecule has 0 bridgehead atoms. The topological polar surface area (TPSA) is 53.5 Å². The van der Waals surface area contributed by atoms with Crippen LogP contribution >= 0.6 is 0 Å². The summed E-state index contributed by atoms with van der Waals surface area (Å²) in [5.41, 5.74) is 2.98. The fraction of sp³-hybridized carbons (Fsp3) is 0. The van der Waals surface area contributed by atoms with E-state index in [0.717, 1.165) is 42.8 Å². The third-order valence-electron chi connectivity index (χ3n) is 10.4. The largest absolute Gasteiger partial charge is 0.309 e. The van der Waals surface area contributed by atoms with Crippen LogP contribution in [0.2, 0.25) is 0 Å². The Morgan fingerprint density at radius 3 is 1.58 bits per heavy atom. The van der Waals surface area contributed by atoms with Crippen LogP contribution in [-0.2, 0) is 0 Å². The molecule has 6 heteroatoms. The zero-order chi connectivity index (χ0) is 47.9. The Morgan fingerprint density at radius 2 is 0.895 bits per heavy atom. The third kappa shape index (κ3) is 4.81. The van der Waals surface area contributed by atoms with Gasteiger partial charge in [-0.15, -0.1) is 0 Å². The summed E-state index contributed by atoms with van der Waals surface area (Å²) < 4.78 is 113. The Hall–Kier alpha value is -7.83. The summed E-state index contributed by atoms with van der Waals surface area (Å²) in [6.45, 7) is 0. The number of hydrogen-bond acceptors (Lipinski definition) is 3. The highest BCUT2D eigenvalue weighted by molar-refractivity contribution is 6.19. The number of benzene rings is 8. The fourth-order valence-electron chi connectivity index (χ4n) is 7.98. The van der Waals surface area contributed by atoms with Crippen molar-refractivity contribution in [3.8, 4) is 40.1 Å². The molecule has 4 heterocycles. The van der Waals surface area contributed by atoms with E-state index in [-0.39, 0.29) is 27.5 Å². The van der Waals surface area contributed by atoms with Crippen molar-refractivity contribution in [3.63, 3.8) is 0 Å². The molecule has 0 spiro atoms. The van der Waals surface area contributed by atoms with Gasteiger partial charge in [0.1, 0.15) is 0 Å². The molecule has 4 aromatic heterocycles. The molecule has 0 aliphatic rings. The summed E-state index contributed by atoms with van der Waals surface area (Å²) in [6.07, 6.45) is 0. The van der Waals surface area contributed by atoms with Gasteiger partial charge < -0.3 is 9.13 Å². The van der Waals surface area contributed by atoms with Gasteiger partial charge in [0.25, 0.3) is 0 Å². The molecule has 12 rings (SSSR count). The van der Waals surface area contributed by atoms with Gasteiger partial charge in [0.15, 0.2) is 11.6 Å². The number of aromatic nitrogens is 6. The molecule has 57 heavy (non-hydrogen) atoms. The van der Waals surface area contributed by atoms with Crippen molar-refractivity contribution >= 4 is 65.4 Å². The molecule has 0 radical (unpaired) electrons. The molecule has 0 N–H and O–H groups in total. The minimum absolute atomic E-state index is 0.106. The van der Waals surface area contributed by atoms with Crippen molar-refractivity contribution < 1.29 is 16.4 Å². The van der Waals surface area contributed by atoms with E-state index < -0.39 is 78.2 Å². The Morgan fingerprint density at radius 1 is 0.351 bits per heavy atom. The first kappa shape index (κ1) is 21.9. The summed E-state index contributed by atoms with van der Waals surface area (Å²) in [5, 5.41) is 2.81. The summed E-state index contributed by atoms with van der Waals surface area (Å²) in [7, 11) is 0. The van der Waals surface area contributed by atoms with Crippen LogP contribution in [0.25, 0.3) is 106 Å². The van der Waals surface area contributed by atoms with Gasteiger partial charge in [-0.25, -0.2) is 4.98 Å². The zero-order valence-electron chi connectivity index (χ0n) is 41.7. The molecule has 0 fully saturated rings. The van der Waals surface area contributed by atoms with Crippen molar-refractivity contribution in [2.75, 3.05) is 0 Å². The molecule has 0 atom stereocenters. The van der Waals surface area contributed by atoms with Crippen molar-refractivity contribution in [1.82, 2.24) is 28.7 Å². The highest BCUT2D eigenvalue weighted by atomic mass is 15.2. The number of nitrogens with zero attached hydrogens (tertiary/aromatic N) is 6. The summed E-state index contributed by atoms with van der Waals surface area (Å²) in [5.74, 6) is 1.23. The van der Waals surface area contributed by atoms with Crippen LogP contribution in [-0.4, -0.2) is 28.7 Å². The second-order valence-corrected chi connectivity index (χ2v) is 13.6. The lowest BCUT2D eigenvalue weighted by molar-refractivity contribution is 0.953. The highest BCUT2D eigenvalue weighted by Crippen LogP contribution is 2.41. The highest BCUT2D eigenvalue weighted by Gasteiger charge is 2.22. The molecule has 0 amide bonds. The van der Waals surface area contributed by atoms with E-state index in [2.05, 4.69) is 0 Å². The predicted octanol–water partition coefficient (Wildman–Crippen LogP) is 12.5. The van der Waals surface area contributed by atoms with E-state index in [4.69, 9.17) is 27.3 Å². The third-order valence-corrected chi connectivity index (χ3v) is 10.4. The zero-order valence-corrected chi connectivity index (χ0v) is 29.7. The lowest BCUT2D eigenvalue weighted by Gasteiger charge is -2.12. The summed E-state index contributed by atoms with van der Waals surface area (Å²) >= 11 is 0. The Kier molecular flexibility index (Phi) is 4.74. The minimum Gasteiger partial charge on any atom is -0.309 e. The number of fused-ring (bicyclic) bond motifs is 9. The lowest BCUT2D eigenvalue weighted by Crippen LogP contribution is -2.06. The smallest absolute Gasteiger partial charge is 0.238 e. The Labute approximate surface area is 344 Å². The van der Waals surface area contributed by atoms with Gasteiger partial charge in [-0.3, -0.25) is 4.57 Å². The van der Waals surface area contributed by atoms with Crippen LogP contribution < -0.4 is 0 Å². The van der Waals surface area contributed by atoms with E-state index in [9.17, 15) is 4.11 Å². The molecule has 0 aliphatic heterocycles. The maximum atomic E-state index is 10.2. The molecule has 6 nitrogen and oxygen atoms in total. The van der Waals surface area contributed by atoms with Gasteiger partial charge in [-0.05, 0) is 54.5 Å². The van der Waals surface area contributed by atoms with Gasteiger partial charge in [-0.1, -0.05) is 139 Å². The molecule has 12 aromatic rings. The average molecular weight is 741 g/mol. The molecule has 0 saturated heterocycles. The first-order chi connectivity index (χ1) is 33.3. The first-order valence-electron chi connectivity index (χ1n) is 24.2. The first-order valence-corrected chi connectivity index (χ1v) is 18.2. The summed E-state index contributed by atoms with van der Waals surface area (Å²) in [4.78, 5) is 15.1. The van der Waals surface area contributed by atoms with Gasteiger partial charge in [0, 0.05) is 54.8 Å². The lowest BCUT2D eigenvalue weighted by atomic mass is 10.1. The molecule has 266 valence electrons. The van der Waals surface area contributed by atoms with Gasteiger partial charge in [-0.2, -0.15) is 9.97 Å². The molecular weight excluding hydrogens is 697 g/mol. The van der Waals surface area contributed by atoms with E-state index in [1.165, 1.54) is 0 Å². The van der Waals surface area contributed by atoms with Crippen molar-refractivity contribution in [1.29, 1.82) is 0 Å². The van der Waals surface area contributed by atoms with E-state index in [1.807, 2.05) is 126 Å². The second kappa shape index (κ2) is 12.3. The number of para-hydroxylation sites is 4. The fourth-order valence-corrected chi connectivity index (χ4v) is 7.98. The maximum absolute atomic E-state index is 10.2. The Bertz CT molecular complexity index is 4140. The Balaban J connectivity index is 1.24. The van der Waals surface area contributed by atoms with Gasteiger partial charge >= 0.3 is 0 Å². The predicted molar refractivity (Wildman–Crippen MR) is 234 cm³/mol. The molecule has 0 saturated carbocycles.